The van der Waals surface area contributed by atoms with E-state index in [9.17, 15) is 8.42 Å². The molecule has 1 aromatic rings. The van der Waals surface area contributed by atoms with Gasteiger partial charge in [0.1, 0.15) is 4.90 Å². The zero-order chi connectivity index (χ0) is 12.9. The minimum absolute atomic E-state index is 0. The molecule has 3 N–H and O–H groups in total. The van der Waals surface area contributed by atoms with Gasteiger partial charge in [-0.05, 0) is 37.6 Å². The van der Waals surface area contributed by atoms with E-state index in [1.54, 1.807) is 12.1 Å². The molecular formula is C10H15BrCl2N2O2S. The van der Waals surface area contributed by atoms with Gasteiger partial charge in [-0.1, -0.05) is 27.5 Å². The number of nitrogens with two attached hydrogens (primary N) is 1. The Bertz CT molecular complexity index is 483. The Balaban J connectivity index is 0.00000289. The maximum atomic E-state index is 11.9. The van der Waals surface area contributed by atoms with Gasteiger partial charge < -0.3 is 5.73 Å². The molecule has 18 heavy (non-hydrogen) atoms. The summed E-state index contributed by atoms with van der Waals surface area (Å²) in [7, 11) is -3.53. The summed E-state index contributed by atoms with van der Waals surface area (Å²) in [6, 6.07) is 4.66. The van der Waals surface area contributed by atoms with E-state index in [1.807, 2.05) is 0 Å². The Morgan fingerprint density at radius 3 is 2.56 bits per heavy atom. The van der Waals surface area contributed by atoms with Gasteiger partial charge in [0.25, 0.3) is 0 Å². The number of hydrogen-bond donors (Lipinski definition) is 2. The van der Waals surface area contributed by atoms with Gasteiger partial charge in [-0.2, -0.15) is 0 Å². The van der Waals surface area contributed by atoms with Gasteiger partial charge in [0, 0.05) is 11.0 Å². The smallest absolute Gasteiger partial charge is 0.242 e. The molecule has 0 spiro atoms. The molecule has 4 nitrogen and oxygen atoms in total. The van der Waals surface area contributed by atoms with Crippen molar-refractivity contribution in [2.45, 2.75) is 17.7 Å². The molecule has 0 aromatic heterocycles. The second-order valence-electron chi connectivity index (χ2n) is 3.47. The molecular weight excluding hydrogens is 363 g/mol. The van der Waals surface area contributed by atoms with Crippen molar-refractivity contribution in [2.75, 3.05) is 13.1 Å². The molecule has 0 amide bonds. The van der Waals surface area contributed by atoms with E-state index >= 15 is 0 Å². The molecule has 0 bridgehead atoms. The number of hydrogen-bond acceptors (Lipinski definition) is 3. The van der Waals surface area contributed by atoms with Crippen LogP contribution in [0.25, 0.3) is 0 Å². The number of unbranched alkanes of at least 4 members (excludes halogenated alkanes) is 1. The predicted molar refractivity (Wildman–Crippen MR) is 79.9 cm³/mol. The molecule has 0 saturated carbocycles. The van der Waals surface area contributed by atoms with Gasteiger partial charge in [-0.25, -0.2) is 13.1 Å². The van der Waals surface area contributed by atoms with Crippen molar-refractivity contribution >= 4 is 50.0 Å². The molecule has 0 saturated heterocycles. The van der Waals surface area contributed by atoms with E-state index in [2.05, 4.69) is 20.7 Å². The van der Waals surface area contributed by atoms with Crippen LogP contribution in [0.2, 0.25) is 5.02 Å². The SMILES string of the molecule is Cl.NCCCCNS(=O)(=O)c1ccc(Br)cc1Cl. The molecule has 8 heteroatoms. The summed E-state index contributed by atoms with van der Waals surface area (Å²) >= 11 is 9.11. The Labute approximate surface area is 127 Å². The highest BCUT2D eigenvalue weighted by molar-refractivity contribution is 9.10. The predicted octanol–water partition coefficient (Wildman–Crippen LogP) is 2.54. The van der Waals surface area contributed by atoms with Crippen LogP contribution in [-0.2, 0) is 10.0 Å². The van der Waals surface area contributed by atoms with Crippen molar-refractivity contribution in [3.8, 4) is 0 Å². The first kappa shape index (κ1) is 18.1. The van der Waals surface area contributed by atoms with E-state index in [4.69, 9.17) is 17.3 Å². The van der Waals surface area contributed by atoms with Crippen LogP contribution in [0, 0.1) is 0 Å². The highest BCUT2D eigenvalue weighted by atomic mass is 79.9. The molecule has 104 valence electrons. The van der Waals surface area contributed by atoms with Crippen molar-refractivity contribution < 1.29 is 8.42 Å². The summed E-state index contributed by atoms with van der Waals surface area (Å²) in [4.78, 5) is 0.0927. The molecule has 0 aliphatic carbocycles. The van der Waals surface area contributed by atoms with Gasteiger partial charge in [0.05, 0.1) is 5.02 Å². The fourth-order valence-electron chi connectivity index (χ4n) is 1.25. The second-order valence-corrected chi connectivity index (χ2v) is 6.53. The van der Waals surface area contributed by atoms with Crippen LogP contribution in [0.5, 0.6) is 0 Å². The zero-order valence-electron chi connectivity index (χ0n) is 9.53. The standard InChI is InChI=1S/C10H14BrClN2O2S.ClH/c11-8-3-4-10(9(12)7-8)17(15,16)14-6-2-1-5-13;/h3-4,7,14H,1-2,5-6,13H2;1H. The van der Waals surface area contributed by atoms with Crippen molar-refractivity contribution in [1.82, 2.24) is 4.72 Å². The minimum atomic E-state index is -3.53. The summed E-state index contributed by atoms with van der Waals surface area (Å²) < 4.78 is 27.0. The largest absolute Gasteiger partial charge is 0.330 e. The van der Waals surface area contributed by atoms with Crippen LogP contribution in [0.4, 0.5) is 0 Å². The highest BCUT2D eigenvalue weighted by Crippen LogP contribution is 2.24. The van der Waals surface area contributed by atoms with E-state index in [-0.39, 0.29) is 22.3 Å². The summed E-state index contributed by atoms with van der Waals surface area (Å²) in [6.45, 7) is 0.923. The quantitative estimate of drug-likeness (QED) is 0.748. The van der Waals surface area contributed by atoms with E-state index < -0.39 is 10.0 Å². The Kier molecular flexibility index (Phi) is 8.42. The zero-order valence-corrected chi connectivity index (χ0v) is 13.5. The maximum Gasteiger partial charge on any atom is 0.242 e. The third-order valence-corrected chi connectivity index (χ3v) is 4.54. The van der Waals surface area contributed by atoms with E-state index in [1.165, 1.54) is 6.07 Å². The first-order valence-electron chi connectivity index (χ1n) is 5.12. The molecule has 1 aromatic carbocycles. The summed E-state index contributed by atoms with van der Waals surface area (Å²) in [6.07, 6.45) is 1.50. The van der Waals surface area contributed by atoms with Crippen molar-refractivity contribution in [2.24, 2.45) is 5.73 Å². The van der Waals surface area contributed by atoms with Crippen LogP contribution >= 0.6 is 39.9 Å². The fraction of sp³-hybridized carbons (Fsp3) is 0.400. The Hall–Kier alpha value is 0.150. The third kappa shape index (κ3) is 5.42. The number of rotatable bonds is 6. The number of benzene rings is 1. The van der Waals surface area contributed by atoms with Gasteiger partial charge in [-0.15, -0.1) is 12.4 Å². The molecule has 0 heterocycles. The first-order chi connectivity index (χ1) is 7.97. The lowest BCUT2D eigenvalue weighted by Gasteiger charge is -2.08. The maximum absolute atomic E-state index is 11.9. The second kappa shape index (κ2) is 8.35. The highest BCUT2D eigenvalue weighted by Gasteiger charge is 2.16. The van der Waals surface area contributed by atoms with Gasteiger partial charge in [-0.3, -0.25) is 0 Å². The van der Waals surface area contributed by atoms with E-state index in [0.717, 1.165) is 10.9 Å². The average molecular weight is 378 g/mol. The molecule has 0 unspecified atom stereocenters. The molecule has 0 aliphatic heterocycles. The summed E-state index contributed by atoms with van der Waals surface area (Å²) in [5.74, 6) is 0. The molecule has 0 aliphatic rings. The topological polar surface area (TPSA) is 72.2 Å². The number of halogens is 3. The number of nitrogens with one attached hydrogen (secondary N) is 1. The van der Waals surface area contributed by atoms with Gasteiger partial charge in [0.2, 0.25) is 10.0 Å². The molecule has 0 fully saturated rings. The van der Waals surface area contributed by atoms with Crippen molar-refractivity contribution in [1.29, 1.82) is 0 Å². The lowest BCUT2D eigenvalue weighted by atomic mass is 10.3. The van der Waals surface area contributed by atoms with Crippen LogP contribution in [0.15, 0.2) is 27.6 Å². The molecule has 0 atom stereocenters. The first-order valence-corrected chi connectivity index (χ1v) is 7.77. The van der Waals surface area contributed by atoms with Gasteiger partial charge >= 0.3 is 0 Å². The van der Waals surface area contributed by atoms with Crippen LogP contribution in [0.1, 0.15) is 12.8 Å². The molecule has 0 radical (unpaired) electrons. The monoisotopic (exact) mass is 376 g/mol. The van der Waals surface area contributed by atoms with Crippen molar-refractivity contribution in [3.05, 3.63) is 27.7 Å². The van der Waals surface area contributed by atoms with Crippen LogP contribution < -0.4 is 10.5 Å². The fourth-order valence-corrected chi connectivity index (χ4v) is 3.36. The lowest BCUT2D eigenvalue weighted by molar-refractivity contribution is 0.577. The minimum Gasteiger partial charge on any atom is -0.330 e. The third-order valence-electron chi connectivity index (χ3n) is 2.11. The van der Waals surface area contributed by atoms with Crippen molar-refractivity contribution in [3.63, 3.8) is 0 Å². The lowest BCUT2D eigenvalue weighted by Crippen LogP contribution is -2.25. The summed E-state index contributed by atoms with van der Waals surface area (Å²) in [5.41, 5.74) is 5.33. The summed E-state index contributed by atoms with van der Waals surface area (Å²) in [5, 5.41) is 0.200. The van der Waals surface area contributed by atoms with E-state index in [0.29, 0.717) is 19.5 Å². The average Bonchev–Trinajstić information content (AvgIpc) is 2.24. The van der Waals surface area contributed by atoms with Crippen LogP contribution in [-0.4, -0.2) is 21.5 Å². The Morgan fingerprint density at radius 2 is 2.00 bits per heavy atom. The molecule has 1 rings (SSSR count). The Morgan fingerprint density at radius 1 is 1.33 bits per heavy atom. The van der Waals surface area contributed by atoms with Gasteiger partial charge in [0.15, 0.2) is 0 Å². The van der Waals surface area contributed by atoms with Crippen LogP contribution in [0.3, 0.4) is 0 Å². The normalized spacial score (nSPS) is 11.1. The number of sulfonamides is 1.